The molecule has 5 nitrogen and oxygen atoms in total. The lowest BCUT2D eigenvalue weighted by Gasteiger charge is -2.30. The van der Waals surface area contributed by atoms with Crippen molar-refractivity contribution < 1.29 is 4.79 Å². The fraction of sp³-hybridized carbons (Fsp3) is 0.435. The minimum atomic E-state index is -0.361. The van der Waals surface area contributed by atoms with Crippen molar-refractivity contribution in [1.82, 2.24) is 9.88 Å². The van der Waals surface area contributed by atoms with Crippen molar-refractivity contribution in [3.63, 3.8) is 0 Å². The number of rotatable bonds is 7. The van der Waals surface area contributed by atoms with Gasteiger partial charge in [0.1, 0.15) is 11.6 Å². The van der Waals surface area contributed by atoms with Gasteiger partial charge in [-0.1, -0.05) is 30.3 Å². The van der Waals surface area contributed by atoms with Crippen LogP contribution >= 0.6 is 0 Å². The second-order valence-electron chi connectivity index (χ2n) is 7.75. The quantitative estimate of drug-likeness (QED) is 0.800. The molecule has 1 fully saturated rings. The van der Waals surface area contributed by atoms with Gasteiger partial charge >= 0.3 is 0 Å². The number of hydrogen-bond donors (Lipinski definition) is 1. The summed E-state index contributed by atoms with van der Waals surface area (Å²) in [5.41, 5.74) is 3.22. The van der Waals surface area contributed by atoms with E-state index in [4.69, 9.17) is 0 Å². The number of aryl methyl sites for hydroxylation is 1. The van der Waals surface area contributed by atoms with Crippen molar-refractivity contribution in [3.8, 4) is 6.07 Å². The average Bonchev–Trinajstić information content (AvgIpc) is 3.51. The predicted octanol–water partition coefficient (Wildman–Crippen LogP) is 3.62. The zero-order valence-electron chi connectivity index (χ0n) is 16.8. The molecule has 1 unspecified atom stereocenters. The van der Waals surface area contributed by atoms with Crippen LogP contribution in [0.3, 0.4) is 0 Å². The molecule has 0 radical (unpaired) electrons. The number of nitriles is 1. The number of nitrogens with zero attached hydrogens (tertiary/aromatic N) is 2. The Kier molecular flexibility index (Phi) is 5.99. The van der Waals surface area contributed by atoms with E-state index in [0.29, 0.717) is 30.9 Å². The van der Waals surface area contributed by atoms with Crippen molar-refractivity contribution in [2.24, 2.45) is 5.92 Å². The van der Waals surface area contributed by atoms with Crippen molar-refractivity contribution in [2.75, 3.05) is 0 Å². The molecular weight excluding hydrogens is 350 g/mol. The molecule has 0 saturated heterocycles. The molecule has 1 N–H and O–H groups in total. The van der Waals surface area contributed by atoms with Crippen LogP contribution in [0, 0.1) is 31.1 Å². The van der Waals surface area contributed by atoms with Gasteiger partial charge in [0.2, 0.25) is 5.91 Å². The summed E-state index contributed by atoms with van der Waals surface area (Å²) in [6.07, 6.45) is 3.25. The van der Waals surface area contributed by atoms with E-state index in [1.54, 1.807) is 6.92 Å². The normalized spacial score (nSPS) is 14.4. The molecule has 2 aromatic rings. The van der Waals surface area contributed by atoms with E-state index in [0.717, 1.165) is 16.8 Å². The van der Waals surface area contributed by atoms with E-state index in [9.17, 15) is 14.9 Å². The number of carbonyl (C=O) groups excluding carboxylic acids is 1. The Hall–Kier alpha value is -2.87. The van der Waals surface area contributed by atoms with Crippen LogP contribution in [0.25, 0.3) is 0 Å². The monoisotopic (exact) mass is 377 g/mol. The lowest BCUT2D eigenvalue weighted by Crippen LogP contribution is -2.39. The van der Waals surface area contributed by atoms with Crippen molar-refractivity contribution in [1.29, 1.82) is 5.26 Å². The number of hydrogen-bond acceptors (Lipinski definition) is 3. The Morgan fingerprint density at radius 2 is 1.96 bits per heavy atom. The van der Waals surface area contributed by atoms with Gasteiger partial charge in [-0.3, -0.25) is 9.59 Å². The summed E-state index contributed by atoms with van der Waals surface area (Å²) >= 11 is 0. The van der Waals surface area contributed by atoms with Crippen LogP contribution in [0.1, 0.15) is 54.1 Å². The first-order valence-corrected chi connectivity index (χ1v) is 9.88. The Balaban J connectivity index is 1.77. The summed E-state index contributed by atoms with van der Waals surface area (Å²) in [6, 6.07) is 12.3. The zero-order chi connectivity index (χ0) is 20.3. The van der Waals surface area contributed by atoms with Crippen LogP contribution in [0.5, 0.6) is 0 Å². The Bertz CT molecular complexity index is 952. The third kappa shape index (κ3) is 4.33. The number of amides is 1. The first-order chi connectivity index (χ1) is 13.4. The molecule has 146 valence electrons. The first-order valence-electron chi connectivity index (χ1n) is 9.88. The molecule has 1 amide bonds. The van der Waals surface area contributed by atoms with Crippen molar-refractivity contribution in [2.45, 2.75) is 59.0 Å². The molecule has 0 aliphatic heterocycles. The van der Waals surface area contributed by atoms with E-state index in [-0.39, 0.29) is 23.1 Å². The van der Waals surface area contributed by atoms with Gasteiger partial charge in [0.25, 0.3) is 5.56 Å². The van der Waals surface area contributed by atoms with Crippen LogP contribution in [0.2, 0.25) is 0 Å². The molecule has 1 aliphatic rings. The lowest BCUT2D eigenvalue weighted by molar-refractivity contribution is -0.134. The summed E-state index contributed by atoms with van der Waals surface area (Å²) in [5.74, 6) is 0.709. The molecule has 0 bridgehead atoms. The summed E-state index contributed by atoms with van der Waals surface area (Å²) in [5, 5.41) is 9.24. The van der Waals surface area contributed by atoms with Gasteiger partial charge in [-0.25, -0.2) is 0 Å². The molecule has 1 heterocycles. The second-order valence-corrected chi connectivity index (χ2v) is 7.75. The number of carbonyl (C=O) groups is 1. The van der Waals surface area contributed by atoms with Crippen LogP contribution in [0.4, 0.5) is 0 Å². The van der Waals surface area contributed by atoms with Gasteiger partial charge in [-0.05, 0) is 62.6 Å². The molecule has 1 aromatic heterocycles. The second kappa shape index (κ2) is 8.43. The molecular formula is C23H27N3O2. The van der Waals surface area contributed by atoms with E-state index in [2.05, 4.69) is 24.0 Å². The van der Waals surface area contributed by atoms with Gasteiger partial charge in [0.15, 0.2) is 0 Å². The maximum absolute atomic E-state index is 13.1. The molecule has 1 saturated carbocycles. The molecule has 28 heavy (non-hydrogen) atoms. The predicted molar refractivity (Wildman–Crippen MR) is 109 cm³/mol. The van der Waals surface area contributed by atoms with Crippen molar-refractivity contribution in [3.05, 3.63) is 68.6 Å². The number of benzene rings is 1. The summed E-state index contributed by atoms with van der Waals surface area (Å²) in [6.45, 7) is 6.37. The highest BCUT2D eigenvalue weighted by atomic mass is 16.2. The standard InChI is InChI=1S/C23H27N3O2/c1-15-20(16(2)25-23(28)21(15)13-24)11-12-22(27)26(17(3)19-9-10-19)14-18-7-5-4-6-8-18/h4-8,17,19H,9-12,14H2,1-3H3,(H,25,28). The fourth-order valence-corrected chi connectivity index (χ4v) is 3.87. The number of nitrogens with one attached hydrogen (secondary N) is 1. The number of H-pyrrole nitrogens is 1. The fourth-order valence-electron chi connectivity index (χ4n) is 3.87. The van der Waals surface area contributed by atoms with E-state index >= 15 is 0 Å². The highest BCUT2D eigenvalue weighted by Crippen LogP contribution is 2.36. The van der Waals surface area contributed by atoms with Crippen LogP contribution in [-0.4, -0.2) is 21.8 Å². The SMILES string of the molecule is Cc1[nH]c(=O)c(C#N)c(C)c1CCC(=O)N(Cc1ccccc1)C(C)C1CC1. The summed E-state index contributed by atoms with van der Waals surface area (Å²) in [4.78, 5) is 29.8. The highest BCUT2D eigenvalue weighted by Gasteiger charge is 2.34. The van der Waals surface area contributed by atoms with E-state index in [1.807, 2.05) is 36.1 Å². The Morgan fingerprint density at radius 3 is 2.57 bits per heavy atom. The number of aromatic nitrogens is 1. The van der Waals surface area contributed by atoms with E-state index in [1.165, 1.54) is 12.8 Å². The van der Waals surface area contributed by atoms with Crippen LogP contribution < -0.4 is 5.56 Å². The maximum atomic E-state index is 13.1. The average molecular weight is 377 g/mol. The molecule has 1 aliphatic carbocycles. The first kappa shape index (κ1) is 19.9. The van der Waals surface area contributed by atoms with Gasteiger partial charge in [0, 0.05) is 24.7 Å². The Labute approximate surface area is 166 Å². The van der Waals surface area contributed by atoms with Gasteiger partial charge in [-0.15, -0.1) is 0 Å². The van der Waals surface area contributed by atoms with Crippen LogP contribution in [0.15, 0.2) is 35.1 Å². The number of pyridine rings is 1. The third-order valence-electron chi connectivity index (χ3n) is 5.82. The topological polar surface area (TPSA) is 77.0 Å². The molecule has 5 heteroatoms. The molecule has 3 rings (SSSR count). The molecule has 1 atom stereocenters. The minimum Gasteiger partial charge on any atom is -0.335 e. The Morgan fingerprint density at radius 1 is 1.29 bits per heavy atom. The van der Waals surface area contributed by atoms with Crippen LogP contribution in [-0.2, 0) is 17.8 Å². The largest absolute Gasteiger partial charge is 0.335 e. The smallest absolute Gasteiger partial charge is 0.266 e. The third-order valence-corrected chi connectivity index (χ3v) is 5.82. The van der Waals surface area contributed by atoms with Gasteiger partial charge < -0.3 is 9.88 Å². The maximum Gasteiger partial charge on any atom is 0.266 e. The minimum absolute atomic E-state index is 0.117. The van der Waals surface area contributed by atoms with Crippen molar-refractivity contribution >= 4 is 5.91 Å². The number of aromatic amines is 1. The van der Waals surface area contributed by atoms with Gasteiger partial charge in [-0.2, -0.15) is 5.26 Å². The van der Waals surface area contributed by atoms with Gasteiger partial charge in [0.05, 0.1) is 0 Å². The molecule has 1 aromatic carbocycles. The summed E-state index contributed by atoms with van der Waals surface area (Å²) in [7, 11) is 0. The summed E-state index contributed by atoms with van der Waals surface area (Å²) < 4.78 is 0. The zero-order valence-corrected chi connectivity index (χ0v) is 16.8. The van der Waals surface area contributed by atoms with E-state index < -0.39 is 0 Å². The lowest BCUT2D eigenvalue weighted by atomic mass is 9.98. The molecule has 0 spiro atoms. The highest BCUT2D eigenvalue weighted by molar-refractivity contribution is 5.77.